The SMILES string of the molecule is CCC(C)(C)OC(=O)C1OOC2CCC1(C(=O)O)C2. The third-order valence-electron chi connectivity index (χ3n) is 4.16. The van der Waals surface area contributed by atoms with Gasteiger partial charge in [0.1, 0.15) is 11.0 Å². The van der Waals surface area contributed by atoms with Gasteiger partial charge in [-0.2, -0.15) is 0 Å². The molecule has 2 rings (SSSR count). The van der Waals surface area contributed by atoms with Crippen molar-refractivity contribution in [2.24, 2.45) is 5.41 Å². The van der Waals surface area contributed by atoms with Crippen LogP contribution < -0.4 is 0 Å². The predicted octanol–water partition coefficient (Wildman–Crippen LogP) is 1.67. The first kappa shape index (κ1) is 14.3. The summed E-state index contributed by atoms with van der Waals surface area (Å²) >= 11 is 0. The molecule has 1 aliphatic heterocycles. The number of aliphatic carboxylic acids is 1. The molecule has 0 radical (unpaired) electrons. The molecule has 0 aromatic carbocycles. The van der Waals surface area contributed by atoms with Crippen LogP contribution >= 0.6 is 0 Å². The molecule has 2 bridgehead atoms. The molecule has 0 aromatic heterocycles. The number of fused-ring (bicyclic) bond motifs is 2. The van der Waals surface area contributed by atoms with Crippen molar-refractivity contribution in [1.82, 2.24) is 0 Å². The normalized spacial score (nSPS) is 34.1. The third kappa shape index (κ3) is 2.47. The van der Waals surface area contributed by atoms with Crippen molar-refractivity contribution in [3.63, 3.8) is 0 Å². The highest BCUT2D eigenvalue weighted by atomic mass is 17.2. The van der Waals surface area contributed by atoms with Gasteiger partial charge in [0.25, 0.3) is 0 Å². The number of carbonyl (C=O) groups is 2. The number of carbonyl (C=O) groups excluding carboxylic acids is 1. The number of rotatable bonds is 4. The highest BCUT2D eigenvalue weighted by Gasteiger charge is 2.60. The average molecular weight is 272 g/mol. The summed E-state index contributed by atoms with van der Waals surface area (Å²) in [5.41, 5.74) is -1.85. The summed E-state index contributed by atoms with van der Waals surface area (Å²) in [5, 5.41) is 9.45. The fourth-order valence-electron chi connectivity index (χ4n) is 2.54. The van der Waals surface area contributed by atoms with E-state index in [2.05, 4.69) is 0 Å². The van der Waals surface area contributed by atoms with Gasteiger partial charge >= 0.3 is 11.9 Å². The Hall–Kier alpha value is -1.14. The van der Waals surface area contributed by atoms with E-state index in [-0.39, 0.29) is 6.10 Å². The Bertz CT molecular complexity index is 391. The topological polar surface area (TPSA) is 82.1 Å². The maximum atomic E-state index is 12.2. The molecule has 0 spiro atoms. The van der Waals surface area contributed by atoms with E-state index in [4.69, 9.17) is 14.5 Å². The molecule has 2 fully saturated rings. The van der Waals surface area contributed by atoms with E-state index in [1.54, 1.807) is 13.8 Å². The van der Waals surface area contributed by atoms with E-state index in [0.29, 0.717) is 25.7 Å². The van der Waals surface area contributed by atoms with E-state index in [0.717, 1.165) is 0 Å². The Morgan fingerprint density at radius 3 is 2.68 bits per heavy atom. The molecule has 19 heavy (non-hydrogen) atoms. The molecule has 1 saturated carbocycles. The summed E-state index contributed by atoms with van der Waals surface area (Å²) in [6.07, 6.45) is 0.477. The first-order chi connectivity index (χ1) is 8.81. The zero-order valence-electron chi connectivity index (χ0n) is 11.5. The molecule has 1 aliphatic carbocycles. The van der Waals surface area contributed by atoms with Gasteiger partial charge in [-0.3, -0.25) is 4.79 Å². The Morgan fingerprint density at radius 1 is 1.42 bits per heavy atom. The van der Waals surface area contributed by atoms with Crippen LogP contribution in [0.3, 0.4) is 0 Å². The second-order valence-electron chi connectivity index (χ2n) is 5.93. The maximum Gasteiger partial charge on any atom is 0.340 e. The Morgan fingerprint density at radius 2 is 2.11 bits per heavy atom. The minimum absolute atomic E-state index is 0.237. The highest BCUT2D eigenvalue weighted by molar-refractivity contribution is 5.86. The van der Waals surface area contributed by atoms with E-state index in [9.17, 15) is 14.7 Å². The van der Waals surface area contributed by atoms with Crippen molar-refractivity contribution in [2.75, 3.05) is 0 Å². The number of esters is 1. The molecule has 2 aliphatic rings. The lowest BCUT2D eigenvalue weighted by Gasteiger charge is -2.36. The summed E-state index contributed by atoms with van der Waals surface area (Å²) in [6, 6.07) is 0. The lowest BCUT2D eigenvalue weighted by atomic mass is 9.79. The molecule has 3 unspecified atom stereocenters. The minimum Gasteiger partial charge on any atom is -0.481 e. The van der Waals surface area contributed by atoms with E-state index in [1.165, 1.54) is 0 Å². The zero-order chi connectivity index (χ0) is 14.3. The highest BCUT2D eigenvalue weighted by Crippen LogP contribution is 2.48. The molecule has 108 valence electrons. The van der Waals surface area contributed by atoms with E-state index >= 15 is 0 Å². The van der Waals surface area contributed by atoms with Crippen LogP contribution in [0.15, 0.2) is 0 Å². The molecule has 1 N–H and O–H groups in total. The number of hydrogen-bond acceptors (Lipinski definition) is 5. The van der Waals surface area contributed by atoms with Gasteiger partial charge in [-0.1, -0.05) is 6.92 Å². The average Bonchev–Trinajstić information content (AvgIpc) is 2.67. The predicted molar refractivity (Wildman–Crippen MR) is 64.1 cm³/mol. The van der Waals surface area contributed by atoms with Crippen LogP contribution in [0.1, 0.15) is 46.5 Å². The number of hydrogen-bond donors (Lipinski definition) is 1. The Labute approximate surface area is 111 Å². The molecule has 1 heterocycles. The van der Waals surface area contributed by atoms with Crippen molar-refractivity contribution >= 4 is 11.9 Å². The molecule has 6 heteroatoms. The Kier molecular flexibility index (Phi) is 3.57. The maximum absolute atomic E-state index is 12.2. The van der Waals surface area contributed by atoms with Gasteiger partial charge in [-0.15, -0.1) is 0 Å². The molecule has 1 saturated heterocycles. The van der Waals surface area contributed by atoms with Crippen LogP contribution in [0.5, 0.6) is 0 Å². The Balaban J connectivity index is 2.18. The van der Waals surface area contributed by atoms with Crippen LogP contribution in [0.4, 0.5) is 0 Å². The largest absolute Gasteiger partial charge is 0.481 e. The summed E-state index contributed by atoms with van der Waals surface area (Å²) < 4.78 is 5.35. The van der Waals surface area contributed by atoms with Gasteiger partial charge in [0.15, 0.2) is 0 Å². The van der Waals surface area contributed by atoms with Gasteiger partial charge < -0.3 is 9.84 Å². The third-order valence-corrected chi connectivity index (χ3v) is 4.16. The quantitative estimate of drug-likeness (QED) is 0.619. The van der Waals surface area contributed by atoms with Crippen LogP contribution in [0.2, 0.25) is 0 Å². The molecular formula is C13H20O6. The first-order valence-corrected chi connectivity index (χ1v) is 6.59. The van der Waals surface area contributed by atoms with Gasteiger partial charge in [0.2, 0.25) is 6.10 Å². The fraction of sp³-hybridized carbons (Fsp3) is 0.846. The van der Waals surface area contributed by atoms with Crippen LogP contribution in [0, 0.1) is 5.41 Å². The lowest BCUT2D eigenvalue weighted by Crippen LogP contribution is -2.52. The van der Waals surface area contributed by atoms with Crippen molar-refractivity contribution in [3.8, 4) is 0 Å². The zero-order valence-corrected chi connectivity index (χ0v) is 11.5. The van der Waals surface area contributed by atoms with Crippen LogP contribution in [-0.4, -0.2) is 34.9 Å². The number of carboxylic acid groups (broad SMARTS) is 1. The second-order valence-corrected chi connectivity index (χ2v) is 5.93. The van der Waals surface area contributed by atoms with Crippen molar-refractivity contribution < 1.29 is 29.2 Å². The summed E-state index contributed by atoms with van der Waals surface area (Å²) in [6.45, 7) is 5.45. The molecule has 3 atom stereocenters. The van der Waals surface area contributed by atoms with Crippen molar-refractivity contribution in [2.45, 2.75) is 64.3 Å². The molecular weight excluding hydrogens is 252 g/mol. The standard InChI is InChI=1S/C13H20O6/c1-4-12(2,3)17-10(14)9-13(11(15)16)6-5-8(7-13)18-19-9/h8-9H,4-7H2,1-3H3,(H,15,16). The minimum atomic E-state index is -1.20. The van der Waals surface area contributed by atoms with Gasteiger partial charge in [0.05, 0.1) is 6.10 Å². The number of carboxylic acids is 1. The molecule has 0 amide bonds. The van der Waals surface area contributed by atoms with E-state index < -0.39 is 29.1 Å². The smallest absolute Gasteiger partial charge is 0.340 e. The van der Waals surface area contributed by atoms with E-state index in [1.807, 2.05) is 6.92 Å². The van der Waals surface area contributed by atoms with Crippen molar-refractivity contribution in [1.29, 1.82) is 0 Å². The van der Waals surface area contributed by atoms with Gasteiger partial charge in [-0.05, 0) is 39.5 Å². The van der Waals surface area contributed by atoms with Gasteiger partial charge in [-0.25, -0.2) is 14.6 Å². The fourth-order valence-corrected chi connectivity index (χ4v) is 2.54. The van der Waals surface area contributed by atoms with Crippen LogP contribution in [0.25, 0.3) is 0 Å². The monoisotopic (exact) mass is 272 g/mol. The molecule has 0 aromatic rings. The summed E-state index contributed by atoms with van der Waals surface area (Å²) in [7, 11) is 0. The van der Waals surface area contributed by atoms with Crippen LogP contribution in [-0.2, 0) is 24.1 Å². The first-order valence-electron chi connectivity index (χ1n) is 6.59. The summed E-state index contributed by atoms with van der Waals surface area (Å²) in [5.74, 6) is -1.68. The van der Waals surface area contributed by atoms with Crippen molar-refractivity contribution in [3.05, 3.63) is 0 Å². The number of ether oxygens (including phenoxy) is 1. The second kappa shape index (κ2) is 4.76. The summed E-state index contributed by atoms with van der Waals surface area (Å²) in [4.78, 5) is 33.8. The lowest BCUT2D eigenvalue weighted by molar-refractivity contribution is -0.378. The van der Waals surface area contributed by atoms with Gasteiger partial charge in [0, 0.05) is 0 Å². The molecule has 6 nitrogen and oxygen atoms in total.